The largest absolute Gasteiger partial charge is 0.396 e. The third-order valence-corrected chi connectivity index (χ3v) is 4.21. The third-order valence-electron chi connectivity index (χ3n) is 4.21. The number of hydrogen-bond donors (Lipinski definition) is 3. The molecule has 0 bridgehead atoms. The lowest BCUT2D eigenvalue weighted by Crippen LogP contribution is -2.46. The molecule has 0 aromatic carbocycles. The molecule has 1 saturated carbocycles. The molecule has 1 heterocycles. The highest BCUT2D eigenvalue weighted by Crippen LogP contribution is 2.37. The van der Waals surface area contributed by atoms with Crippen molar-refractivity contribution in [3.8, 4) is 0 Å². The zero-order valence-corrected chi connectivity index (χ0v) is 10.6. The Kier molecular flexibility index (Phi) is 4.40. The molecule has 17 heavy (non-hydrogen) atoms. The van der Waals surface area contributed by atoms with Gasteiger partial charge in [-0.25, -0.2) is 0 Å². The van der Waals surface area contributed by atoms with Crippen molar-refractivity contribution >= 4 is 5.91 Å². The van der Waals surface area contributed by atoms with Crippen LogP contribution in [0.15, 0.2) is 0 Å². The Morgan fingerprint density at radius 3 is 3.12 bits per heavy atom. The number of carbonyl (C=O) groups excluding carboxylic acids is 1. The van der Waals surface area contributed by atoms with Gasteiger partial charge in [0.15, 0.2) is 0 Å². The Morgan fingerprint density at radius 2 is 2.35 bits per heavy atom. The molecule has 2 fully saturated rings. The Balaban J connectivity index is 1.79. The number of nitrogens with one attached hydrogen (secondary N) is 2. The smallest absolute Gasteiger partial charge is 0.237 e. The van der Waals surface area contributed by atoms with E-state index in [4.69, 9.17) is 5.11 Å². The van der Waals surface area contributed by atoms with Crippen LogP contribution in [0.5, 0.6) is 0 Å². The molecule has 2 aliphatic rings. The first-order chi connectivity index (χ1) is 8.22. The summed E-state index contributed by atoms with van der Waals surface area (Å²) in [6.07, 6.45) is 5.36. The molecule has 4 unspecified atom stereocenters. The molecule has 0 spiro atoms. The van der Waals surface area contributed by atoms with Gasteiger partial charge in [-0.3, -0.25) is 4.79 Å². The molecule has 4 heteroatoms. The van der Waals surface area contributed by atoms with Gasteiger partial charge in [0.25, 0.3) is 0 Å². The quantitative estimate of drug-likeness (QED) is 0.661. The van der Waals surface area contributed by atoms with Crippen molar-refractivity contribution in [2.24, 2.45) is 11.8 Å². The zero-order chi connectivity index (χ0) is 12.3. The van der Waals surface area contributed by atoms with Gasteiger partial charge in [-0.2, -0.15) is 0 Å². The number of aliphatic hydroxyl groups excluding tert-OH is 1. The van der Waals surface area contributed by atoms with E-state index in [0.29, 0.717) is 5.92 Å². The van der Waals surface area contributed by atoms with E-state index in [0.717, 1.165) is 25.3 Å². The number of fused-ring (bicyclic) bond motifs is 1. The van der Waals surface area contributed by atoms with Gasteiger partial charge in [-0.1, -0.05) is 6.42 Å². The Hall–Kier alpha value is -0.610. The highest BCUT2D eigenvalue weighted by molar-refractivity contribution is 5.82. The maximum Gasteiger partial charge on any atom is 0.237 e. The topological polar surface area (TPSA) is 61.4 Å². The van der Waals surface area contributed by atoms with E-state index in [9.17, 15) is 4.79 Å². The molecule has 0 aromatic heterocycles. The lowest BCUT2D eigenvalue weighted by molar-refractivity contribution is -0.124. The average Bonchev–Trinajstić information content (AvgIpc) is 2.87. The summed E-state index contributed by atoms with van der Waals surface area (Å²) in [5.41, 5.74) is 0. The second-order valence-electron chi connectivity index (χ2n) is 5.52. The van der Waals surface area contributed by atoms with E-state index in [2.05, 4.69) is 10.6 Å². The minimum absolute atomic E-state index is 0.0269. The fourth-order valence-corrected chi connectivity index (χ4v) is 3.28. The van der Waals surface area contributed by atoms with Crippen molar-refractivity contribution in [2.75, 3.05) is 13.2 Å². The van der Waals surface area contributed by atoms with E-state index in [1.54, 1.807) is 0 Å². The van der Waals surface area contributed by atoms with E-state index >= 15 is 0 Å². The number of hydrogen-bond acceptors (Lipinski definition) is 3. The normalized spacial score (nSPS) is 33.4. The van der Waals surface area contributed by atoms with E-state index in [1.165, 1.54) is 19.3 Å². The van der Waals surface area contributed by atoms with Crippen LogP contribution in [-0.4, -0.2) is 36.2 Å². The summed E-state index contributed by atoms with van der Waals surface area (Å²) < 4.78 is 0. The van der Waals surface area contributed by atoms with Gasteiger partial charge in [-0.05, 0) is 51.0 Å². The average molecular weight is 240 g/mol. The number of amides is 1. The zero-order valence-electron chi connectivity index (χ0n) is 10.6. The van der Waals surface area contributed by atoms with Crippen molar-refractivity contribution in [3.05, 3.63) is 0 Å². The summed E-state index contributed by atoms with van der Waals surface area (Å²) >= 11 is 0. The van der Waals surface area contributed by atoms with E-state index in [1.807, 2.05) is 6.92 Å². The molecule has 3 N–H and O–H groups in total. The molecule has 98 valence electrons. The second-order valence-corrected chi connectivity index (χ2v) is 5.52. The maximum absolute atomic E-state index is 12.1. The molecule has 1 saturated heterocycles. The Bertz CT molecular complexity index is 270. The first-order valence-electron chi connectivity index (χ1n) is 6.87. The van der Waals surface area contributed by atoms with E-state index < -0.39 is 0 Å². The predicted octanol–water partition coefficient (Wildman–Crippen LogP) is 0.652. The van der Waals surface area contributed by atoms with Crippen LogP contribution in [0, 0.1) is 11.8 Å². The molecule has 0 aromatic rings. The lowest BCUT2D eigenvalue weighted by Gasteiger charge is -2.21. The predicted molar refractivity (Wildman–Crippen MR) is 66.5 cm³/mol. The molecule has 2 rings (SSSR count). The standard InChI is InChI=1S/C13H24N2O2/c1-9(4-3-7-16)15-13(17)12-11-6-2-5-10(11)8-14-12/h9-12,14,16H,2-8H2,1H3,(H,15,17). The van der Waals surface area contributed by atoms with Crippen molar-refractivity contribution < 1.29 is 9.90 Å². The van der Waals surface area contributed by atoms with Crippen LogP contribution in [0.2, 0.25) is 0 Å². The SMILES string of the molecule is CC(CCCO)NC(=O)C1NCC2CCCC21. The first-order valence-corrected chi connectivity index (χ1v) is 6.87. The van der Waals surface area contributed by atoms with Crippen LogP contribution in [0.1, 0.15) is 39.0 Å². The third kappa shape index (κ3) is 2.99. The summed E-state index contributed by atoms with van der Waals surface area (Å²) in [5.74, 6) is 1.43. The number of aliphatic hydroxyl groups is 1. The summed E-state index contributed by atoms with van der Waals surface area (Å²) in [5, 5.41) is 15.2. The Morgan fingerprint density at radius 1 is 1.53 bits per heavy atom. The van der Waals surface area contributed by atoms with E-state index in [-0.39, 0.29) is 24.6 Å². The van der Waals surface area contributed by atoms with Gasteiger partial charge < -0.3 is 15.7 Å². The minimum atomic E-state index is 0.0269. The van der Waals surface area contributed by atoms with Crippen molar-refractivity contribution in [2.45, 2.75) is 51.1 Å². The molecule has 1 aliphatic heterocycles. The van der Waals surface area contributed by atoms with Gasteiger partial charge in [0, 0.05) is 12.6 Å². The van der Waals surface area contributed by atoms with Crippen molar-refractivity contribution in [1.82, 2.24) is 10.6 Å². The van der Waals surface area contributed by atoms with Gasteiger partial charge in [0.2, 0.25) is 5.91 Å². The molecule has 4 nitrogen and oxygen atoms in total. The fourth-order valence-electron chi connectivity index (χ4n) is 3.28. The molecule has 1 amide bonds. The van der Waals surface area contributed by atoms with Crippen LogP contribution in [0.3, 0.4) is 0 Å². The van der Waals surface area contributed by atoms with Crippen LogP contribution >= 0.6 is 0 Å². The fraction of sp³-hybridized carbons (Fsp3) is 0.923. The highest BCUT2D eigenvalue weighted by Gasteiger charge is 2.42. The molecular weight excluding hydrogens is 216 g/mol. The summed E-state index contributed by atoms with van der Waals surface area (Å²) in [7, 11) is 0. The van der Waals surface area contributed by atoms with Gasteiger partial charge in [-0.15, -0.1) is 0 Å². The van der Waals surface area contributed by atoms with Crippen molar-refractivity contribution in [1.29, 1.82) is 0 Å². The summed E-state index contributed by atoms with van der Waals surface area (Å²) in [4.78, 5) is 12.1. The minimum Gasteiger partial charge on any atom is -0.396 e. The molecule has 0 radical (unpaired) electrons. The Labute approximate surface area is 103 Å². The number of rotatable bonds is 5. The first kappa shape index (κ1) is 12.8. The summed E-state index contributed by atoms with van der Waals surface area (Å²) in [6, 6.07) is 0.191. The molecule has 4 atom stereocenters. The van der Waals surface area contributed by atoms with Gasteiger partial charge >= 0.3 is 0 Å². The van der Waals surface area contributed by atoms with Crippen LogP contribution in [0.25, 0.3) is 0 Å². The van der Waals surface area contributed by atoms with Gasteiger partial charge in [0.1, 0.15) is 0 Å². The lowest BCUT2D eigenvalue weighted by atomic mass is 9.93. The molecule has 1 aliphatic carbocycles. The van der Waals surface area contributed by atoms with Crippen LogP contribution < -0.4 is 10.6 Å². The van der Waals surface area contributed by atoms with Crippen LogP contribution in [-0.2, 0) is 4.79 Å². The monoisotopic (exact) mass is 240 g/mol. The summed E-state index contributed by atoms with van der Waals surface area (Å²) in [6.45, 7) is 3.22. The maximum atomic E-state index is 12.1. The molecular formula is C13H24N2O2. The number of carbonyl (C=O) groups is 1. The van der Waals surface area contributed by atoms with Gasteiger partial charge in [0.05, 0.1) is 6.04 Å². The highest BCUT2D eigenvalue weighted by atomic mass is 16.3. The van der Waals surface area contributed by atoms with Crippen molar-refractivity contribution in [3.63, 3.8) is 0 Å². The second kappa shape index (κ2) is 5.83. The van der Waals surface area contributed by atoms with Crippen LogP contribution in [0.4, 0.5) is 0 Å².